The Labute approximate surface area is 138 Å². The molecule has 1 unspecified atom stereocenters. The van der Waals surface area contributed by atoms with Gasteiger partial charge in [0.15, 0.2) is 0 Å². The molecule has 0 aromatic carbocycles. The average molecular weight is 320 g/mol. The number of hydrogen-bond acceptors (Lipinski definition) is 4. The topological polar surface area (TPSA) is 73.4 Å². The van der Waals surface area contributed by atoms with Gasteiger partial charge in [-0.1, -0.05) is 0 Å². The standard InChI is InChI=1S/C17H28N4O2/c1-16(2,3)23-15(22)20-11-5-9-17(18,12-20)14-8-10-19-21(14)13-6-4-7-13/h8,10,13H,4-7,9,11-12,18H2,1-3H3. The van der Waals surface area contributed by atoms with E-state index in [0.29, 0.717) is 19.1 Å². The summed E-state index contributed by atoms with van der Waals surface area (Å²) >= 11 is 0. The Kier molecular flexibility index (Phi) is 4.12. The van der Waals surface area contributed by atoms with Gasteiger partial charge in [0.1, 0.15) is 5.60 Å². The number of aromatic nitrogens is 2. The number of carbonyl (C=O) groups excluding carboxylic acids is 1. The van der Waals surface area contributed by atoms with E-state index in [4.69, 9.17) is 10.5 Å². The molecule has 1 atom stereocenters. The van der Waals surface area contributed by atoms with Crippen molar-refractivity contribution in [1.82, 2.24) is 14.7 Å². The monoisotopic (exact) mass is 320 g/mol. The summed E-state index contributed by atoms with van der Waals surface area (Å²) in [4.78, 5) is 14.1. The lowest BCUT2D eigenvalue weighted by Gasteiger charge is -2.42. The highest BCUT2D eigenvalue weighted by atomic mass is 16.6. The second-order valence-corrected chi connectivity index (χ2v) is 7.91. The minimum atomic E-state index is -0.540. The molecule has 2 fully saturated rings. The maximum Gasteiger partial charge on any atom is 0.410 e. The fraction of sp³-hybridized carbons (Fsp3) is 0.765. The Morgan fingerprint density at radius 2 is 2.13 bits per heavy atom. The van der Waals surface area contributed by atoms with E-state index in [1.807, 2.05) is 33.0 Å². The summed E-state index contributed by atoms with van der Waals surface area (Å²) in [6.07, 6.45) is 6.89. The van der Waals surface area contributed by atoms with Gasteiger partial charge in [-0.3, -0.25) is 4.68 Å². The van der Waals surface area contributed by atoms with Gasteiger partial charge in [-0.05, 0) is 58.9 Å². The third-order valence-corrected chi connectivity index (χ3v) is 4.78. The smallest absolute Gasteiger partial charge is 0.410 e. The summed E-state index contributed by atoms with van der Waals surface area (Å²) in [6, 6.07) is 2.48. The summed E-state index contributed by atoms with van der Waals surface area (Å²) in [5, 5.41) is 4.49. The largest absolute Gasteiger partial charge is 0.444 e. The van der Waals surface area contributed by atoms with E-state index in [9.17, 15) is 4.79 Å². The molecule has 0 radical (unpaired) electrons. The van der Waals surface area contributed by atoms with Gasteiger partial charge in [0, 0.05) is 19.3 Å². The van der Waals surface area contributed by atoms with Crippen molar-refractivity contribution in [3.05, 3.63) is 18.0 Å². The maximum atomic E-state index is 12.4. The molecular formula is C17H28N4O2. The molecule has 1 aromatic heterocycles. The van der Waals surface area contributed by atoms with Gasteiger partial charge in [0.25, 0.3) is 0 Å². The number of nitrogens with zero attached hydrogens (tertiary/aromatic N) is 3. The number of carbonyl (C=O) groups is 1. The van der Waals surface area contributed by atoms with E-state index in [0.717, 1.165) is 18.5 Å². The molecule has 0 spiro atoms. The zero-order chi connectivity index (χ0) is 16.7. The first-order chi connectivity index (χ1) is 10.8. The van der Waals surface area contributed by atoms with Crippen molar-refractivity contribution in [1.29, 1.82) is 0 Å². The molecule has 6 nitrogen and oxygen atoms in total. The van der Waals surface area contributed by atoms with Crippen LogP contribution in [0.5, 0.6) is 0 Å². The minimum Gasteiger partial charge on any atom is -0.444 e. The second-order valence-electron chi connectivity index (χ2n) is 7.91. The highest BCUT2D eigenvalue weighted by molar-refractivity contribution is 5.68. The number of rotatable bonds is 2. The zero-order valence-electron chi connectivity index (χ0n) is 14.4. The quantitative estimate of drug-likeness (QED) is 0.909. The Morgan fingerprint density at radius 1 is 1.39 bits per heavy atom. The highest BCUT2D eigenvalue weighted by Gasteiger charge is 2.40. The Balaban J connectivity index is 1.76. The van der Waals surface area contributed by atoms with Crippen LogP contribution in [0.25, 0.3) is 0 Å². The number of nitrogens with two attached hydrogens (primary N) is 1. The van der Waals surface area contributed by atoms with Gasteiger partial charge in [-0.15, -0.1) is 0 Å². The number of ether oxygens (including phenoxy) is 1. The van der Waals surface area contributed by atoms with E-state index in [2.05, 4.69) is 9.78 Å². The Bertz CT molecular complexity index is 573. The molecule has 0 bridgehead atoms. The maximum absolute atomic E-state index is 12.4. The van der Waals surface area contributed by atoms with Crippen molar-refractivity contribution in [2.24, 2.45) is 5.73 Å². The summed E-state index contributed by atoms with van der Waals surface area (Å²) in [5.74, 6) is 0. The fourth-order valence-corrected chi connectivity index (χ4v) is 3.41. The molecule has 128 valence electrons. The van der Waals surface area contributed by atoms with Crippen LogP contribution in [-0.4, -0.2) is 39.5 Å². The Morgan fingerprint density at radius 3 is 2.74 bits per heavy atom. The number of hydrogen-bond donors (Lipinski definition) is 1. The van der Waals surface area contributed by atoms with Crippen LogP contribution in [0.1, 0.15) is 64.6 Å². The molecule has 1 aromatic rings. The molecule has 23 heavy (non-hydrogen) atoms. The molecule has 3 rings (SSSR count). The van der Waals surface area contributed by atoms with Crippen LogP contribution in [0.3, 0.4) is 0 Å². The molecule has 2 heterocycles. The number of amides is 1. The SMILES string of the molecule is CC(C)(C)OC(=O)N1CCCC(N)(c2ccnn2C2CCC2)C1. The Hall–Kier alpha value is -1.56. The van der Waals surface area contributed by atoms with E-state index < -0.39 is 11.1 Å². The first-order valence-electron chi connectivity index (χ1n) is 8.59. The van der Waals surface area contributed by atoms with Crippen LogP contribution in [-0.2, 0) is 10.3 Å². The predicted octanol–water partition coefficient (Wildman–Crippen LogP) is 2.79. The van der Waals surface area contributed by atoms with Crippen molar-refractivity contribution >= 4 is 6.09 Å². The van der Waals surface area contributed by atoms with Crippen LogP contribution in [0.4, 0.5) is 4.79 Å². The van der Waals surface area contributed by atoms with Crippen LogP contribution in [0.15, 0.2) is 12.3 Å². The van der Waals surface area contributed by atoms with Crippen molar-refractivity contribution in [2.45, 2.75) is 70.1 Å². The van der Waals surface area contributed by atoms with Gasteiger partial charge in [-0.2, -0.15) is 5.10 Å². The summed E-state index contributed by atoms with van der Waals surface area (Å²) in [7, 11) is 0. The lowest BCUT2D eigenvalue weighted by molar-refractivity contribution is 0.0128. The van der Waals surface area contributed by atoms with Crippen molar-refractivity contribution in [2.75, 3.05) is 13.1 Å². The lowest BCUT2D eigenvalue weighted by atomic mass is 9.85. The molecule has 6 heteroatoms. The third kappa shape index (κ3) is 3.37. The van der Waals surface area contributed by atoms with Gasteiger partial charge in [0.05, 0.1) is 17.3 Å². The first kappa shape index (κ1) is 16.3. The van der Waals surface area contributed by atoms with E-state index >= 15 is 0 Å². The number of piperidine rings is 1. The normalized spacial score (nSPS) is 26.0. The first-order valence-corrected chi connectivity index (χ1v) is 8.59. The molecule has 2 aliphatic rings. The molecular weight excluding hydrogens is 292 g/mol. The molecule has 1 amide bonds. The molecule has 1 saturated heterocycles. The lowest BCUT2D eigenvalue weighted by Crippen LogP contribution is -2.55. The van der Waals surface area contributed by atoms with Crippen LogP contribution < -0.4 is 5.73 Å². The fourth-order valence-electron chi connectivity index (χ4n) is 3.41. The summed E-state index contributed by atoms with van der Waals surface area (Å²) in [6.45, 7) is 6.84. The van der Waals surface area contributed by atoms with E-state index in [1.54, 1.807) is 4.90 Å². The van der Waals surface area contributed by atoms with Gasteiger partial charge < -0.3 is 15.4 Å². The minimum absolute atomic E-state index is 0.276. The zero-order valence-corrected chi connectivity index (χ0v) is 14.4. The molecule has 1 aliphatic heterocycles. The van der Waals surface area contributed by atoms with Crippen molar-refractivity contribution in [3.8, 4) is 0 Å². The van der Waals surface area contributed by atoms with Gasteiger partial charge in [0.2, 0.25) is 0 Å². The highest BCUT2D eigenvalue weighted by Crippen LogP contribution is 2.36. The average Bonchev–Trinajstić information content (AvgIpc) is 2.84. The van der Waals surface area contributed by atoms with Crippen LogP contribution in [0, 0.1) is 0 Å². The van der Waals surface area contributed by atoms with Crippen LogP contribution >= 0.6 is 0 Å². The second kappa shape index (κ2) is 5.82. The number of likely N-dealkylation sites (tertiary alicyclic amines) is 1. The molecule has 1 saturated carbocycles. The molecule has 2 N–H and O–H groups in total. The van der Waals surface area contributed by atoms with E-state index in [1.165, 1.54) is 19.3 Å². The molecule has 1 aliphatic carbocycles. The van der Waals surface area contributed by atoms with Crippen molar-refractivity contribution in [3.63, 3.8) is 0 Å². The van der Waals surface area contributed by atoms with Crippen molar-refractivity contribution < 1.29 is 9.53 Å². The predicted molar refractivity (Wildman–Crippen MR) is 88.0 cm³/mol. The summed E-state index contributed by atoms with van der Waals surface area (Å²) < 4.78 is 7.59. The van der Waals surface area contributed by atoms with Crippen LogP contribution in [0.2, 0.25) is 0 Å². The summed E-state index contributed by atoms with van der Waals surface area (Å²) in [5.41, 5.74) is 6.75. The third-order valence-electron chi connectivity index (χ3n) is 4.78. The van der Waals surface area contributed by atoms with Gasteiger partial charge >= 0.3 is 6.09 Å². The van der Waals surface area contributed by atoms with E-state index in [-0.39, 0.29) is 6.09 Å². The van der Waals surface area contributed by atoms with Gasteiger partial charge in [-0.25, -0.2) is 4.79 Å².